The molecule has 2 aliphatic heterocycles. The van der Waals surface area contributed by atoms with E-state index in [2.05, 4.69) is 16.0 Å². The number of carbonyl (C=O) groups is 3. The number of nitrogens with one attached hydrogen (secondary N) is 3. The lowest BCUT2D eigenvalue weighted by molar-refractivity contribution is -0.139. The molecule has 3 amide bonds. The van der Waals surface area contributed by atoms with Gasteiger partial charge in [0.05, 0.1) is 31.3 Å². The summed E-state index contributed by atoms with van der Waals surface area (Å²) in [5.41, 5.74) is 0.520. The van der Waals surface area contributed by atoms with Gasteiger partial charge in [-0.1, -0.05) is 13.8 Å². The quantitative estimate of drug-likeness (QED) is 0.271. The van der Waals surface area contributed by atoms with Gasteiger partial charge in [0.15, 0.2) is 6.23 Å². The molecule has 0 saturated carbocycles. The van der Waals surface area contributed by atoms with Crippen LogP contribution in [0.4, 0.5) is 0 Å². The van der Waals surface area contributed by atoms with E-state index >= 15 is 0 Å². The first-order valence-electron chi connectivity index (χ1n) is 10.6. The van der Waals surface area contributed by atoms with Crippen LogP contribution in [0, 0.1) is 5.92 Å². The van der Waals surface area contributed by atoms with Gasteiger partial charge in [0.25, 0.3) is 5.91 Å². The van der Waals surface area contributed by atoms with Crippen molar-refractivity contribution in [1.82, 2.24) is 20.9 Å². The summed E-state index contributed by atoms with van der Waals surface area (Å²) in [7, 11) is -1.77. The number of hydrogen-bond acceptors (Lipinski definition) is 8. The number of ether oxygens (including phenoxy) is 2. The third-order valence-corrected chi connectivity index (χ3v) is 5.04. The molecule has 1 unspecified atom stereocenters. The Bertz CT molecular complexity index is 695. The fourth-order valence-electron chi connectivity index (χ4n) is 3.48. The second-order valence-electron chi connectivity index (χ2n) is 8.24. The van der Waals surface area contributed by atoms with Crippen molar-refractivity contribution in [1.29, 1.82) is 0 Å². The van der Waals surface area contributed by atoms with Crippen LogP contribution in [0.3, 0.4) is 0 Å². The van der Waals surface area contributed by atoms with Gasteiger partial charge < -0.3 is 40.4 Å². The van der Waals surface area contributed by atoms with Gasteiger partial charge in [0.1, 0.15) is 6.04 Å². The summed E-state index contributed by atoms with van der Waals surface area (Å²) in [6.07, 6.45) is -0.345. The van der Waals surface area contributed by atoms with E-state index in [-0.39, 0.29) is 30.2 Å². The Kier molecular flexibility index (Phi) is 9.14. The van der Waals surface area contributed by atoms with E-state index in [1.54, 1.807) is 18.7 Å². The van der Waals surface area contributed by atoms with Gasteiger partial charge in [0, 0.05) is 13.1 Å². The number of rotatable bonds is 9. The van der Waals surface area contributed by atoms with Crippen molar-refractivity contribution < 1.29 is 33.9 Å². The molecule has 0 spiro atoms. The molecule has 31 heavy (non-hydrogen) atoms. The Balaban J connectivity index is 2.13. The van der Waals surface area contributed by atoms with E-state index in [1.807, 2.05) is 13.8 Å². The SMILES string of the molecule is CC1=C(C(=O)N[C@H](CC(=O)N2CCOCC2)C(=O)N[C@@H](CC(C)C)B(O)O)OC(C)N1. The summed E-state index contributed by atoms with van der Waals surface area (Å²) in [4.78, 5) is 39.9. The number of hydrogen-bond donors (Lipinski definition) is 5. The molecule has 174 valence electrons. The molecule has 0 aromatic rings. The third-order valence-electron chi connectivity index (χ3n) is 5.04. The van der Waals surface area contributed by atoms with Crippen molar-refractivity contribution in [2.45, 2.75) is 58.7 Å². The highest BCUT2D eigenvalue weighted by Crippen LogP contribution is 2.16. The van der Waals surface area contributed by atoms with Crippen molar-refractivity contribution in [3.05, 3.63) is 11.5 Å². The Hall–Kier alpha value is -2.31. The maximum absolute atomic E-state index is 12.9. The second kappa shape index (κ2) is 11.4. The van der Waals surface area contributed by atoms with Crippen molar-refractivity contribution >= 4 is 24.8 Å². The van der Waals surface area contributed by atoms with Crippen LogP contribution in [-0.4, -0.2) is 84.3 Å². The van der Waals surface area contributed by atoms with Crippen molar-refractivity contribution in [3.8, 4) is 0 Å². The molecule has 12 heteroatoms. The number of allylic oxidation sites excluding steroid dienone is 1. The molecule has 1 saturated heterocycles. The maximum Gasteiger partial charge on any atom is 0.475 e. The Labute approximate surface area is 182 Å². The molecule has 3 atom stereocenters. The number of amides is 3. The Morgan fingerprint density at radius 2 is 1.87 bits per heavy atom. The first-order valence-corrected chi connectivity index (χ1v) is 10.6. The number of nitrogens with zero attached hydrogens (tertiary/aromatic N) is 1. The maximum atomic E-state index is 12.9. The minimum absolute atomic E-state index is 0.0463. The zero-order chi connectivity index (χ0) is 23.1. The van der Waals surface area contributed by atoms with Gasteiger partial charge in [-0.2, -0.15) is 0 Å². The highest BCUT2D eigenvalue weighted by Gasteiger charge is 2.34. The summed E-state index contributed by atoms with van der Waals surface area (Å²) in [5.74, 6) is -2.42. The van der Waals surface area contributed by atoms with Gasteiger partial charge >= 0.3 is 7.12 Å². The molecule has 2 aliphatic rings. The van der Waals surface area contributed by atoms with E-state index in [1.165, 1.54) is 0 Å². The summed E-state index contributed by atoms with van der Waals surface area (Å²) in [6, 6.07) is -1.21. The lowest BCUT2D eigenvalue weighted by atomic mass is 9.75. The molecule has 0 radical (unpaired) electrons. The lowest BCUT2D eigenvalue weighted by Crippen LogP contribution is -2.56. The Morgan fingerprint density at radius 3 is 2.39 bits per heavy atom. The normalized spacial score (nSPS) is 20.6. The average molecular weight is 440 g/mol. The molecule has 2 rings (SSSR count). The van der Waals surface area contributed by atoms with Crippen LogP contribution in [0.2, 0.25) is 0 Å². The van der Waals surface area contributed by atoms with E-state index in [0.717, 1.165) is 0 Å². The van der Waals surface area contributed by atoms with Crippen LogP contribution in [0.25, 0.3) is 0 Å². The summed E-state index contributed by atoms with van der Waals surface area (Å²) in [5, 5.41) is 27.3. The van der Waals surface area contributed by atoms with Crippen LogP contribution < -0.4 is 16.0 Å². The predicted molar refractivity (Wildman–Crippen MR) is 112 cm³/mol. The largest absolute Gasteiger partial charge is 0.475 e. The average Bonchev–Trinajstić information content (AvgIpc) is 3.05. The molecule has 0 aromatic heterocycles. The molecule has 5 N–H and O–H groups in total. The molecule has 0 bridgehead atoms. The molecule has 2 heterocycles. The van der Waals surface area contributed by atoms with Gasteiger partial charge in [-0.05, 0) is 26.2 Å². The van der Waals surface area contributed by atoms with Gasteiger partial charge in [0.2, 0.25) is 17.6 Å². The summed E-state index contributed by atoms with van der Waals surface area (Å²) in [6.45, 7) is 8.79. The Morgan fingerprint density at radius 1 is 1.23 bits per heavy atom. The van der Waals surface area contributed by atoms with Crippen LogP contribution in [0.5, 0.6) is 0 Å². The van der Waals surface area contributed by atoms with Gasteiger partial charge in [-0.15, -0.1) is 0 Å². The highest BCUT2D eigenvalue weighted by molar-refractivity contribution is 6.43. The van der Waals surface area contributed by atoms with Crippen LogP contribution in [0.1, 0.15) is 40.5 Å². The number of morpholine rings is 1. The standard InChI is InChI=1S/C19H33BN4O7/c1-11(2)9-15(20(28)29)23-18(26)14(10-16(25)24-5-7-30-8-6-24)22-19(27)17-12(3)21-13(4)31-17/h11,13-15,21,28-29H,5-10H2,1-4H3,(H,22,27)(H,23,26)/t13?,14-,15+/m1/s1. The van der Waals surface area contributed by atoms with E-state index in [4.69, 9.17) is 9.47 Å². The third kappa shape index (κ3) is 7.40. The number of carbonyl (C=O) groups excluding carboxylic acids is 3. The fraction of sp³-hybridized carbons (Fsp3) is 0.737. The smallest absolute Gasteiger partial charge is 0.463 e. The summed E-state index contributed by atoms with van der Waals surface area (Å²) < 4.78 is 10.7. The molecule has 0 aliphatic carbocycles. The molecular formula is C19H33BN4O7. The molecular weight excluding hydrogens is 407 g/mol. The van der Waals surface area contributed by atoms with E-state index < -0.39 is 30.9 Å². The predicted octanol–water partition coefficient (Wildman–Crippen LogP) is -1.54. The summed E-state index contributed by atoms with van der Waals surface area (Å²) >= 11 is 0. The van der Waals surface area contributed by atoms with Crippen LogP contribution in [0.15, 0.2) is 11.5 Å². The zero-order valence-electron chi connectivity index (χ0n) is 18.5. The fourth-order valence-corrected chi connectivity index (χ4v) is 3.48. The topological polar surface area (TPSA) is 149 Å². The van der Waals surface area contributed by atoms with Crippen LogP contribution in [-0.2, 0) is 23.9 Å². The molecule has 0 aromatic carbocycles. The first-order chi connectivity index (χ1) is 14.6. The van der Waals surface area contributed by atoms with Crippen LogP contribution >= 0.6 is 0 Å². The molecule has 1 fully saturated rings. The minimum Gasteiger partial charge on any atom is -0.463 e. The van der Waals surface area contributed by atoms with Gasteiger partial charge in [-0.25, -0.2) is 0 Å². The monoisotopic (exact) mass is 440 g/mol. The van der Waals surface area contributed by atoms with E-state index in [9.17, 15) is 24.4 Å². The van der Waals surface area contributed by atoms with Crippen molar-refractivity contribution in [2.24, 2.45) is 5.92 Å². The molecule has 11 nitrogen and oxygen atoms in total. The van der Waals surface area contributed by atoms with Crippen molar-refractivity contribution in [2.75, 3.05) is 26.3 Å². The lowest BCUT2D eigenvalue weighted by Gasteiger charge is -2.29. The minimum atomic E-state index is -1.77. The second-order valence-corrected chi connectivity index (χ2v) is 8.24. The van der Waals surface area contributed by atoms with E-state index in [0.29, 0.717) is 38.4 Å². The zero-order valence-corrected chi connectivity index (χ0v) is 18.5. The highest BCUT2D eigenvalue weighted by atomic mass is 16.5. The first kappa shape index (κ1) is 25.0. The van der Waals surface area contributed by atoms with Crippen molar-refractivity contribution in [3.63, 3.8) is 0 Å². The van der Waals surface area contributed by atoms with Gasteiger partial charge in [-0.3, -0.25) is 14.4 Å².